The highest BCUT2D eigenvalue weighted by Gasteiger charge is 2.46. The molecule has 3 N–H and O–H groups in total. The molecular weight excluding hydrogens is 827 g/mol. The van der Waals surface area contributed by atoms with E-state index in [4.69, 9.17) is 16.3 Å². The monoisotopic (exact) mass is 874 g/mol. The van der Waals surface area contributed by atoms with Crippen LogP contribution in [0.3, 0.4) is 0 Å². The van der Waals surface area contributed by atoms with Gasteiger partial charge >= 0.3 is 0 Å². The van der Waals surface area contributed by atoms with Crippen LogP contribution in [-0.2, 0) is 26.0 Å². The fraction of sp³-hybridized carbons (Fsp3) is 0.395. The number of carbonyl (C=O) groups excluding carboxylic acids is 4. The number of sulfone groups is 1. The highest BCUT2D eigenvalue weighted by Crippen LogP contribution is 2.38. The molecule has 3 aliphatic rings. The quantitative estimate of drug-likeness (QED) is 0.123. The third-order valence-electron chi connectivity index (χ3n) is 11.1. The lowest BCUT2D eigenvalue weighted by Crippen LogP contribution is -2.54. The lowest BCUT2D eigenvalue weighted by molar-refractivity contribution is -0.136. The first kappa shape index (κ1) is 43.4. The number of para-hydroxylation sites is 1. The van der Waals surface area contributed by atoms with Gasteiger partial charge in [0.05, 0.1) is 44.9 Å². The van der Waals surface area contributed by atoms with Gasteiger partial charge in [-0.1, -0.05) is 23.7 Å². The highest BCUT2D eigenvalue weighted by molar-refractivity contribution is 7.92. The molecular formula is C43H48ClFN8O7S. The second kappa shape index (κ2) is 17.4. The first-order chi connectivity index (χ1) is 28.9. The summed E-state index contributed by atoms with van der Waals surface area (Å²) in [6, 6.07) is 12.3. The summed E-state index contributed by atoms with van der Waals surface area (Å²) < 4.78 is 47.9. The molecule has 0 saturated carbocycles. The van der Waals surface area contributed by atoms with E-state index in [0.29, 0.717) is 29.2 Å². The van der Waals surface area contributed by atoms with Crippen molar-refractivity contribution in [2.75, 3.05) is 35.7 Å². The molecule has 4 amide bonds. The fourth-order valence-corrected chi connectivity index (χ4v) is 9.30. The van der Waals surface area contributed by atoms with Crippen LogP contribution in [0.15, 0.2) is 59.6 Å². The van der Waals surface area contributed by atoms with E-state index in [0.717, 1.165) is 42.1 Å². The number of nitrogens with zero attached hydrogens (tertiary/aromatic N) is 5. The largest absolute Gasteiger partial charge is 0.489 e. The van der Waals surface area contributed by atoms with Crippen molar-refractivity contribution in [1.82, 2.24) is 25.1 Å². The number of piperidine rings is 2. The Labute approximate surface area is 358 Å². The minimum atomic E-state index is -3.61. The summed E-state index contributed by atoms with van der Waals surface area (Å²) >= 11 is 6.50. The second-order valence-electron chi connectivity index (χ2n) is 16.1. The Hall–Kier alpha value is -5.65. The van der Waals surface area contributed by atoms with Crippen molar-refractivity contribution >= 4 is 73.9 Å². The molecule has 0 bridgehead atoms. The van der Waals surface area contributed by atoms with Gasteiger partial charge in [-0.25, -0.2) is 17.8 Å². The van der Waals surface area contributed by atoms with E-state index in [1.807, 2.05) is 40.0 Å². The number of anilines is 5. The number of carbonyl (C=O) groups is 4. The third kappa shape index (κ3) is 8.90. The summed E-state index contributed by atoms with van der Waals surface area (Å²) in [6.07, 6.45) is 2.83. The topological polar surface area (TPSA) is 183 Å². The normalized spacial score (nSPS) is 17.4. The van der Waals surface area contributed by atoms with E-state index < -0.39 is 50.6 Å². The van der Waals surface area contributed by atoms with Crippen molar-refractivity contribution in [1.29, 1.82) is 0 Å². The fourth-order valence-electron chi connectivity index (χ4n) is 7.96. The molecule has 0 radical (unpaired) electrons. The van der Waals surface area contributed by atoms with Crippen molar-refractivity contribution in [2.45, 2.75) is 95.2 Å². The Kier molecular flexibility index (Phi) is 12.4. The van der Waals surface area contributed by atoms with Gasteiger partial charge in [0.25, 0.3) is 11.8 Å². The number of aryl methyl sites for hydroxylation is 1. The van der Waals surface area contributed by atoms with Gasteiger partial charge in [0.2, 0.25) is 17.8 Å². The number of hydrogen-bond donors (Lipinski definition) is 3. The van der Waals surface area contributed by atoms with Crippen molar-refractivity contribution in [3.8, 4) is 5.75 Å². The van der Waals surface area contributed by atoms with Crippen LogP contribution in [0.5, 0.6) is 5.75 Å². The molecule has 4 aromatic rings. The van der Waals surface area contributed by atoms with Gasteiger partial charge in [-0.2, -0.15) is 4.98 Å². The molecule has 7 rings (SSSR count). The molecule has 18 heteroatoms. The van der Waals surface area contributed by atoms with Crippen LogP contribution in [0.1, 0.15) is 85.2 Å². The SMILES string of the molecule is Cc1cc(Nc2ncc(Cl)c(Nc3ccccc3S(=O)(=O)C(C)C)n2)c(OC(C)C)cc1N1CCC(N(C)Cc2cc(F)c3c(c2)C(=O)N(C2CCC(=O)NC2=O)C3=O)CC1. The van der Waals surface area contributed by atoms with Gasteiger partial charge in [0, 0.05) is 43.9 Å². The maximum absolute atomic E-state index is 15.5. The van der Waals surface area contributed by atoms with E-state index >= 15 is 4.39 Å². The smallest absolute Gasteiger partial charge is 0.265 e. The number of benzene rings is 3. The molecule has 3 aromatic carbocycles. The molecule has 15 nitrogen and oxygen atoms in total. The van der Waals surface area contributed by atoms with E-state index in [2.05, 4.69) is 35.7 Å². The van der Waals surface area contributed by atoms with Gasteiger partial charge < -0.3 is 20.3 Å². The van der Waals surface area contributed by atoms with E-state index in [1.54, 1.807) is 38.1 Å². The molecule has 1 atom stereocenters. The Morgan fingerprint density at radius 2 is 1.70 bits per heavy atom. The minimum absolute atomic E-state index is 0.0106. The van der Waals surface area contributed by atoms with Crippen LogP contribution in [0, 0.1) is 12.7 Å². The number of hydrogen-bond acceptors (Lipinski definition) is 13. The first-order valence-electron chi connectivity index (χ1n) is 20.1. The molecule has 1 aromatic heterocycles. The number of aromatic nitrogens is 2. The van der Waals surface area contributed by atoms with Crippen LogP contribution < -0.4 is 25.6 Å². The number of imide groups is 2. The zero-order chi connectivity index (χ0) is 43.9. The second-order valence-corrected chi connectivity index (χ2v) is 19.0. The van der Waals surface area contributed by atoms with E-state index in [-0.39, 0.29) is 57.8 Å². The Bertz CT molecular complexity index is 2530. The third-order valence-corrected chi connectivity index (χ3v) is 13.6. The minimum Gasteiger partial charge on any atom is -0.489 e. The number of rotatable bonds is 13. The molecule has 3 aliphatic heterocycles. The molecule has 0 spiro atoms. The van der Waals surface area contributed by atoms with Crippen LogP contribution in [-0.4, -0.2) is 95.4 Å². The predicted octanol–water partition coefficient (Wildman–Crippen LogP) is 6.54. The average Bonchev–Trinajstić information content (AvgIpc) is 3.45. The lowest BCUT2D eigenvalue weighted by Gasteiger charge is -2.38. The van der Waals surface area contributed by atoms with Crippen molar-refractivity contribution in [3.05, 3.63) is 87.8 Å². The van der Waals surface area contributed by atoms with E-state index in [9.17, 15) is 27.6 Å². The molecule has 0 aliphatic carbocycles. The van der Waals surface area contributed by atoms with Gasteiger partial charge in [-0.05, 0) is 102 Å². The molecule has 2 fully saturated rings. The number of ether oxygens (including phenoxy) is 1. The predicted molar refractivity (Wildman–Crippen MR) is 229 cm³/mol. The van der Waals surface area contributed by atoms with Gasteiger partial charge in [0.15, 0.2) is 15.7 Å². The standard InChI is InChI=1S/C43H48ClFN8O7S/c1-23(2)60-35-20-34(25(5)17-32(35)48-43-46-21-29(44)39(50-43)47-31-9-7-8-10-36(31)61(58,59)24(3)4)52-15-13-27(14-16-52)51(6)22-26-18-28-38(30(45)19-26)42(57)53(41(28)56)33-11-12-37(54)49-40(33)55/h7-10,17-21,23-24,27,33H,11-16,22H2,1-6H3,(H,49,54,55)(H2,46,47,48,50). The van der Waals surface area contributed by atoms with Crippen LogP contribution in [0.4, 0.5) is 33.2 Å². The number of halogens is 2. The highest BCUT2D eigenvalue weighted by atomic mass is 35.5. The first-order valence-corrected chi connectivity index (χ1v) is 22.0. The van der Waals surface area contributed by atoms with Crippen molar-refractivity contribution in [2.24, 2.45) is 0 Å². The zero-order valence-electron chi connectivity index (χ0n) is 34.7. The summed E-state index contributed by atoms with van der Waals surface area (Å²) in [7, 11) is -1.66. The summed E-state index contributed by atoms with van der Waals surface area (Å²) in [5.41, 5.74) is 3.03. The van der Waals surface area contributed by atoms with Gasteiger partial charge in [0.1, 0.15) is 22.6 Å². The summed E-state index contributed by atoms with van der Waals surface area (Å²) in [5.74, 6) is -2.65. The van der Waals surface area contributed by atoms with Crippen LogP contribution >= 0.6 is 11.6 Å². The molecule has 1 unspecified atom stereocenters. The number of amides is 4. The number of fused-ring (bicyclic) bond motifs is 1. The number of nitrogens with one attached hydrogen (secondary N) is 3. The van der Waals surface area contributed by atoms with Gasteiger partial charge in [-0.3, -0.25) is 34.3 Å². The molecule has 61 heavy (non-hydrogen) atoms. The summed E-state index contributed by atoms with van der Waals surface area (Å²) in [4.78, 5) is 65.0. The Morgan fingerprint density at radius 1 is 0.984 bits per heavy atom. The van der Waals surface area contributed by atoms with Crippen LogP contribution in [0.25, 0.3) is 0 Å². The Morgan fingerprint density at radius 3 is 2.39 bits per heavy atom. The van der Waals surface area contributed by atoms with Crippen LogP contribution in [0.2, 0.25) is 5.02 Å². The maximum atomic E-state index is 15.5. The lowest BCUT2D eigenvalue weighted by atomic mass is 10.00. The van der Waals surface area contributed by atoms with E-state index in [1.165, 1.54) is 18.3 Å². The zero-order valence-corrected chi connectivity index (χ0v) is 36.3. The van der Waals surface area contributed by atoms with Crippen molar-refractivity contribution < 1.29 is 36.7 Å². The average molecular weight is 875 g/mol. The molecule has 4 heterocycles. The van der Waals surface area contributed by atoms with Gasteiger partial charge in [-0.15, -0.1) is 0 Å². The summed E-state index contributed by atoms with van der Waals surface area (Å²) in [5, 5.41) is 8.08. The summed E-state index contributed by atoms with van der Waals surface area (Å²) in [6.45, 7) is 10.9. The molecule has 2 saturated heterocycles. The maximum Gasteiger partial charge on any atom is 0.265 e. The molecule has 322 valence electrons. The van der Waals surface area contributed by atoms with Crippen molar-refractivity contribution in [3.63, 3.8) is 0 Å². The Balaban J connectivity index is 1.03.